The Morgan fingerprint density at radius 3 is 2.50 bits per heavy atom. The molecule has 0 radical (unpaired) electrons. The van der Waals surface area contributed by atoms with E-state index in [1.165, 1.54) is 0 Å². The van der Waals surface area contributed by atoms with E-state index in [4.69, 9.17) is 9.47 Å². The molecule has 0 bridgehead atoms. The van der Waals surface area contributed by atoms with Gasteiger partial charge in [0.2, 0.25) is 0 Å². The smallest absolute Gasteiger partial charge is 0.119 e. The molecule has 1 rings (SSSR count). The van der Waals surface area contributed by atoms with Crippen LogP contribution in [0.1, 0.15) is 19.8 Å². The topological polar surface area (TPSA) is 30.5 Å². The lowest BCUT2D eigenvalue weighted by molar-refractivity contribution is 0.211. The van der Waals surface area contributed by atoms with Crippen molar-refractivity contribution < 1.29 is 9.47 Å². The molecule has 0 spiro atoms. The number of nitrogens with one attached hydrogen (secondary N) is 1. The van der Waals surface area contributed by atoms with Crippen LogP contribution in [0.2, 0.25) is 0 Å². The molecule has 0 amide bonds. The van der Waals surface area contributed by atoms with Gasteiger partial charge in [-0.25, -0.2) is 0 Å². The number of anilines is 1. The average Bonchev–Trinajstić information content (AvgIpc) is 2.32. The standard InChI is InChI=1S/C13H21NO2/c1-3-4-10-16-13-7-5-12(6-8-13)14-9-11-15-2/h5-8,14H,3-4,9-11H2,1-2H3. The fourth-order valence-electron chi connectivity index (χ4n) is 1.30. The van der Waals surface area contributed by atoms with E-state index in [0.717, 1.165) is 44.0 Å². The quantitative estimate of drug-likeness (QED) is 0.687. The first-order valence-electron chi connectivity index (χ1n) is 5.82. The van der Waals surface area contributed by atoms with Crippen molar-refractivity contribution in [2.24, 2.45) is 0 Å². The SMILES string of the molecule is CCCCOc1ccc(NCCOC)cc1. The molecule has 0 aliphatic heterocycles. The summed E-state index contributed by atoms with van der Waals surface area (Å²) in [5.74, 6) is 0.936. The maximum absolute atomic E-state index is 5.57. The molecule has 0 aliphatic carbocycles. The molecule has 1 aromatic rings. The number of unbranched alkanes of at least 4 members (excludes halogenated alkanes) is 1. The molecule has 0 heterocycles. The molecule has 3 heteroatoms. The summed E-state index contributed by atoms with van der Waals surface area (Å²) in [6.07, 6.45) is 2.27. The van der Waals surface area contributed by atoms with Gasteiger partial charge < -0.3 is 14.8 Å². The van der Waals surface area contributed by atoms with Crippen LogP contribution in [-0.2, 0) is 4.74 Å². The third kappa shape index (κ3) is 5.03. The molecule has 1 N–H and O–H groups in total. The van der Waals surface area contributed by atoms with Crippen LogP contribution in [0.25, 0.3) is 0 Å². The van der Waals surface area contributed by atoms with Gasteiger partial charge in [0.05, 0.1) is 13.2 Å². The summed E-state index contributed by atoms with van der Waals surface area (Å²) in [5, 5.41) is 3.26. The lowest BCUT2D eigenvalue weighted by atomic mass is 10.3. The van der Waals surface area contributed by atoms with Crippen LogP contribution in [0.5, 0.6) is 5.75 Å². The van der Waals surface area contributed by atoms with Crippen LogP contribution in [0.15, 0.2) is 24.3 Å². The third-order valence-electron chi connectivity index (χ3n) is 2.26. The average molecular weight is 223 g/mol. The minimum absolute atomic E-state index is 0.717. The van der Waals surface area contributed by atoms with Crippen LogP contribution in [-0.4, -0.2) is 26.9 Å². The van der Waals surface area contributed by atoms with Gasteiger partial charge in [-0.2, -0.15) is 0 Å². The summed E-state index contributed by atoms with van der Waals surface area (Å²) in [6, 6.07) is 8.03. The Morgan fingerprint density at radius 2 is 1.88 bits per heavy atom. The Labute approximate surface area is 97.8 Å². The first-order chi connectivity index (χ1) is 7.86. The molecule has 0 aromatic heterocycles. The van der Waals surface area contributed by atoms with Crippen LogP contribution >= 0.6 is 0 Å². The Kier molecular flexibility index (Phi) is 6.42. The first kappa shape index (κ1) is 12.8. The second-order valence-electron chi connectivity index (χ2n) is 3.65. The van der Waals surface area contributed by atoms with Crippen molar-refractivity contribution in [3.63, 3.8) is 0 Å². The lowest BCUT2D eigenvalue weighted by Gasteiger charge is -2.08. The van der Waals surface area contributed by atoms with E-state index in [1.54, 1.807) is 7.11 Å². The van der Waals surface area contributed by atoms with Crippen molar-refractivity contribution in [1.82, 2.24) is 0 Å². The van der Waals surface area contributed by atoms with Crippen LogP contribution in [0.3, 0.4) is 0 Å². The summed E-state index contributed by atoms with van der Waals surface area (Å²) in [4.78, 5) is 0. The molecule has 0 aliphatic rings. The summed E-state index contributed by atoms with van der Waals surface area (Å²) >= 11 is 0. The lowest BCUT2D eigenvalue weighted by Crippen LogP contribution is -2.07. The molecule has 0 atom stereocenters. The van der Waals surface area contributed by atoms with Crippen molar-refractivity contribution in [3.05, 3.63) is 24.3 Å². The van der Waals surface area contributed by atoms with E-state index < -0.39 is 0 Å². The number of methoxy groups -OCH3 is 1. The normalized spacial score (nSPS) is 10.1. The second kappa shape index (κ2) is 7.99. The minimum atomic E-state index is 0.717. The fourth-order valence-corrected chi connectivity index (χ4v) is 1.30. The molecular weight excluding hydrogens is 202 g/mol. The minimum Gasteiger partial charge on any atom is -0.494 e. The Bertz CT molecular complexity index is 243. The highest BCUT2D eigenvalue weighted by molar-refractivity contribution is 5.46. The van der Waals surface area contributed by atoms with Crippen molar-refractivity contribution in [3.8, 4) is 5.75 Å². The zero-order chi connectivity index (χ0) is 11.6. The molecule has 16 heavy (non-hydrogen) atoms. The Balaban J connectivity index is 2.30. The maximum Gasteiger partial charge on any atom is 0.119 e. The molecular formula is C13H21NO2. The van der Waals surface area contributed by atoms with E-state index >= 15 is 0 Å². The predicted molar refractivity (Wildman–Crippen MR) is 67.2 cm³/mol. The number of ether oxygens (including phenoxy) is 2. The molecule has 0 fully saturated rings. The van der Waals surface area contributed by atoms with Crippen molar-refractivity contribution in [2.45, 2.75) is 19.8 Å². The van der Waals surface area contributed by atoms with Gasteiger partial charge in [0.1, 0.15) is 5.75 Å². The van der Waals surface area contributed by atoms with Gasteiger partial charge in [-0.15, -0.1) is 0 Å². The summed E-state index contributed by atoms with van der Waals surface area (Å²) in [5.41, 5.74) is 1.10. The van der Waals surface area contributed by atoms with Crippen LogP contribution < -0.4 is 10.1 Å². The van der Waals surface area contributed by atoms with Crippen molar-refractivity contribution in [1.29, 1.82) is 0 Å². The van der Waals surface area contributed by atoms with Gasteiger partial charge in [-0.1, -0.05) is 13.3 Å². The number of hydrogen-bond acceptors (Lipinski definition) is 3. The van der Waals surface area contributed by atoms with E-state index in [9.17, 15) is 0 Å². The summed E-state index contributed by atoms with van der Waals surface area (Å²) in [7, 11) is 1.70. The highest BCUT2D eigenvalue weighted by atomic mass is 16.5. The van der Waals surface area contributed by atoms with E-state index in [2.05, 4.69) is 12.2 Å². The molecule has 3 nitrogen and oxygen atoms in total. The monoisotopic (exact) mass is 223 g/mol. The van der Waals surface area contributed by atoms with E-state index in [1.807, 2.05) is 24.3 Å². The van der Waals surface area contributed by atoms with Crippen LogP contribution in [0, 0.1) is 0 Å². The van der Waals surface area contributed by atoms with Crippen molar-refractivity contribution in [2.75, 3.05) is 32.2 Å². The van der Waals surface area contributed by atoms with Gasteiger partial charge in [0.25, 0.3) is 0 Å². The van der Waals surface area contributed by atoms with E-state index in [0.29, 0.717) is 0 Å². The molecule has 0 saturated heterocycles. The highest BCUT2D eigenvalue weighted by Gasteiger charge is 1.94. The van der Waals surface area contributed by atoms with Gasteiger partial charge in [0, 0.05) is 19.3 Å². The Morgan fingerprint density at radius 1 is 1.12 bits per heavy atom. The second-order valence-corrected chi connectivity index (χ2v) is 3.65. The zero-order valence-corrected chi connectivity index (χ0v) is 10.2. The van der Waals surface area contributed by atoms with E-state index in [-0.39, 0.29) is 0 Å². The fraction of sp³-hybridized carbons (Fsp3) is 0.538. The molecule has 0 saturated carbocycles. The third-order valence-corrected chi connectivity index (χ3v) is 2.26. The molecule has 0 unspecified atom stereocenters. The van der Waals surface area contributed by atoms with Gasteiger partial charge in [-0.3, -0.25) is 0 Å². The van der Waals surface area contributed by atoms with Crippen LogP contribution in [0.4, 0.5) is 5.69 Å². The largest absolute Gasteiger partial charge is 0.494 e. The summed E-state index contributed by atoms with van der Waals surface area (Å²) in [6.45, 7) is 4.50. The predicted octanol–water partition coefficient (Wildman–Crippen LogP) is 2.92. The number of hydrogen-bond donors (Lipinski definition) is 1. The van der Waals surface area contributed by atoms with Crippen molar-refractivity contribution >= 4 is 5.69 Å². The van der Waals surface area contributed by atoms with Gasteiger partial charge in [0.15, 0.2) is 0 Å². The Hall–Kier alpha value is -1.22. The maximum atomic E-state index is 5.57. The molecule has 1 aromatic carbocycles. The highest BCUT2D eigenvalue weighted by Crippen LogP contribution is 2.15. The first-order valence-corrected chi connectivity index (χ1v) is 5.82. The summed E-state index contributed by atoms with van der Waals surface area (Å²) < 4.78 is 10.5. The van der Waals surface area contributed by atoms with Gasteiger partial charge in [-0.05, 0) is 30.7 Å². The van der Waals surface area contributed by atoms with Gasteiger partial charge >= 0.3 is 0 Å². The zero-order valence-electron chi connectivity index (χ0n) is 10.2. The number of benzene rings is 1. The molecule has 90 valence electrons. The number of rotatable bonds is 8.